The molecule has 0 aromatic heterocycles. The maximum atomic E-state index is 12.3. The number of carbonyl (C=O) groups excluding carboxylic acids is 1. The highest BCUT2D eigenvalue weighted by Crippen LogP contribution is 2.30. The summed E-state index contributed by atoms with van der Waals surface area (Å²) in [5.74, 6) is 0.833. The molecule has 0 aliphatic carbocycles. The third-order valence-electron chi connectivity index (χ3n) is 3.60. The predicted molar refractivity (Wildman–Crippen MR) is 88.5 cm³/mol. The number of rotatable bonds is 7. The third-order valence-corrected chi connectivity index (χ3v) is 3.60. The largest absolute Gasteiger partial charge is 0.493 e. The SMILES string of the molecule is COc1ccc(C(C)NC(=O)c2ccc(OC(F)F)cc2)cc1OC. The first-order valence-electron chi connectivity index (χ1n) is 7.52. The molecule has 1 N–H and O–H groups in total. The van der Waals surface area contributed by atoms with Crippen molar-refractivity contribution >= 4 is 5.91 Å². The van der Waals surface area contributed by atoms with Gasteiger partial charge in [-0.05, 0) is 48.9 Å². The number of hydrogen-bond donors (Lipinski definition) is 1. The van der Waals surface area contributed by atoms with Gasteiger partial charge in [-0.3, -0.25) is 4.79 Å². The van der Waals surface area contributed by atoms with E-state index in [1.807, 2.05) is 13.0 Å². The molecule has 1 unspecified atom stereocenters. The minimum absolute atomic E-state index is 0.000473. The van der Waals surface area contributed by atoms with Crippen LogP contribution in [-0.4, -0.2) is 26.7 Å². The Morgan fingerprint density at radius 3 is 2.20 bits per heavy atom. The number of alkyl halides is 2. The fourth-order valence-electron chi connectivity index (χ4n) is 2.27. The van der Waals surface area contributed by atoms with Crippen LogP contribution in [0.1, 0.15) is 28.9 Å². The van der Waals surface area contributed by atoms with E-state index in [4.69, 9.17) is 9.47 Å². The van der Waals surface area contributed by atoms with Gasteiger partial charge in [-0.2, -0.15) is 8.78 Å². The van der Waals surface area contributed by atoms with E-state index in [1.54, 1.807) is 19.2 Å². The molecule has 0 heterocycles. The Balaban J connectivity index is 2.06. The molecule has 0 aliphatic heterocycles. The average molecular weight is 351 g/mol. The second-order valence-corrected chi connectivity index (χ2v) is 5.21. The summed E-state index contributed by atoms with van der Waals surface area (Å²) in [5.41, 5.74) is 1.18. The maximum absolute atomic E-state index is 12.3. The molecular formula is C18H19F2NO4. The Labute approximate surface area is 144 Å². The molecule has 25 heavy (non-hydrogen) atoms. The summed E-state index contributed by atoms with van der Waals surface area (Å²) < 4.78 is 39.0. The fraction of sp³-hybridized carbons (Fsp3) is 0.278. The first-order valence-corrected chi connectivity index (χ1v) is 7.52. The van der Waals surface area contributed by atoms with Crippen LogP contribution in [0.25, 0.3) is 0 Å². The lowest BCUT2D eigenvalue weighted by atomic mass is 10.1. The van der Waals surface area contributed by atoms with Crippen molar-refractivity contribution in [1.29, 1.82) is 0 Å². The van der Waals surface area contributed by atoms with Gasteiger partial charge in [-0.15, -0.1) is 0 Å². The van der Waals surface area contributed by atoms with Crippen molar-refractivity contribution in [3.05, 3.63) is 53.6 Å². The lowest BCUT2D eigenvalue weighted by Crippen LogP contribution is -2.26. The Bertz CT molecular complexity index is 720. The zero-order valence-electron chi connectivity index (χ0n) is 14.1. The zero-order chi connectivity index (χ0) is 18.4. The van der Waals surface area contributed by atoms with Crippen molar-refractivity contribution in [3.8, 4) is 17.2 Å². The number of methoxy groups -OCH3 is 2. The second-order valence-electron chi connectivity index (χ2n) is 5.21. The van der Waals surface area contributed by atoms with Crippen molar-refractivity contribution in [2.24, 2.45) is 0 Å². The molecule has 1 amide bonds. The van der Waals surface area contributed by atoms with Crippen LogP contribution in [0.5, 0.6) is 17.2 Å². The number of ether oxygens (including phenoxy) is 3. The molecule has 7 heteroatoms. The Morgan fingerprint density at radius 1 is 1.00 bits per heavy atom. The van der Waals surface area contributed by atoms with E-state index in [0.29, 0.717) is 17.1 Å². The van der Waals surface area contributed by atoms with Gasteiger partial charge in [0.15, 0.2) is 11.5 Å². The Morgan fingerprint density at radius 2 is 1.64 bits per heavy atom. The van der Waals surface area contributed by atoms with Gasteiger partial charge in [0.1, 0.15) is 5.75 Å². The highest BCUT2D eigenvalue weighted by Gasteiger charge is 2.14. The standard InChI is InChI=1S/C18H19F2NO4/c1-11(13-6-9-15(23-2)16(10-13)24-3)21-17(22)12-4-7-14(8-5-12)25-18(19)20/h4-11,18H,1-3H3,(H,21,22). The van der Waals surface area contributed by atoms with Gasteiger partial charge >= 0.3 is 6.61 Å². The third kappa shape index (κ3) is 4.82. The van der Waals surface area contributed by atoms with Gasteiger partial charge in [0.05, 0.1) is 20.3 Å². The number of halogens is 2. The highest BCUT2D eigenvalue weighted by molar-refractivity contribution is 5.94. The van der Waals surface area contributed by atoms with Gasteiger partial charge in [-0.1, -0.05) is 6.07 Å². The lowest BCUT2D eigenvalue weighted by molar-refractivity contribution is -0.0498. The molecule has 2 aromatic carbocycles. The number of hydrogen-bond acceptors (Lipinski definition) is 4. The zero-order valence-corrected chi connectivity index (χ0v) is 14.1. The number of carbonyl (C=O) groups is 1. The molecule has 0 saturated carbocycles. The Hall–Kier alpha value is -2.83. The summed E-state index contributed by atoms with van der Waals surface area (Å²) in [6.07, 6.45) is 0. The van der Waals surface area contributed by atoms with Crippen molar-refractivity contribution in [2.75, 3.05) is 14.2 Å². The molecule has 0 bridgehead atoms. The van der Waals surface area contributed by atoms with E-state index in [-0.39, 0.29) is 17.7 Å². The normalized spacial score (nSPS) is 11.8. The summed E-state index contributed by atoms with van der Waals surface area (Å²) in [5, 5.41) is 2.84. The van der Waals surface area contributed by atoms with Crippen LogP contribution in [0, 0.1) is 0 Å². The smallest absolute Gasteiger partial charge is 0.387 e. The van der Waals surface area contributed by atoms with Crippen LogP contribution < -0.4 is 19.5 Å². The van der Waals surface area contributed by atoms with E-state index in [1.165, 1.54) is 31.4 Å². The molecule has 2 aromatic rings. The summed E-state index contributed by atoms with van der Waals surface area (Å²) in [4.78, 5) is 12.3. The van der Waals surface area contributed by atoms with E-state index < -0.39 is 6.61 Å². The predicted octanol–water partition coefficient (Wildman–Crippen LogP) is 3.80. The van der Waals surface area contributed by atoms with Crippen molar-refractivity contribution in [2.45, 2.75) is 19.6 Å². The first kappa shape index (κ1) is 18.5. The fourth-order valence-corrected chi connectivity index (χ4v) is 2.27. The summed E-state index contributed by atoms with van der Waals surface area (Å²) in [6.45, 7) is -1.07. The topological polar surface area (TPSA) is 56.8 Å². The molecule has 1 atom stereocenters. The van der Waals surface area contributed by atoms with Crippen LogP contribution in [-0.2, 0) is 0 Å². The summed E-state index contributed by atoms with van der Waals surface area (Å²) in [6, 6.07) is 10.6. The maximum Gasteiger partial charge on any atom is 0.387 e. The number of amides is 1. The van der Waals surface area contributed by atoms with Crippen molar-refractivity contribution < 1.29 is 27.8 Å². The molecule has 0 fully saturated rings. The molecular weight excluding hydrogens is 332 g/mol. The van der Waals surface area contributed by atoms with Gasteiger partial charge in [0.2, 0.25) is 0 Å². The van der Waals surface area contributed by atoms with Crippen LogP contribution in [0.15, 0.2) is 42.5 Å². The molecule has 0 saturated heterocycles. The molecule has 2 rings (SSSR count). The molecule has 0 spiro atoms. The van der Waals surface area contributed by atoms with Crippen molar-refractivity contribution in [3.63, 3.8) is 0 Å². The number of benzene rings is 2. The summed E-state index contributed by atoms with van der Waals surface area (Å²) in [7, 11) is 3.08. The Kier molecular flexibility index (Phi) is 6.16. The monoisotopic (exact) mass is 351 g/mol. The molecule has 134 valence electrons. The quantitative estimate of drug-likeness (QED) is 0.824. The van der Waals surface area contributed by atoms with Gasteiger partial charge in [-0.25, -0.2) is 0 Å². The van der Waals surface area contributed by atoms with Crippen LogP contribution in [0.2, 0.25) is 0 Å². The minimum Gasteiger partial charge on any atom is -0.493 e. The van der Waals surface area contributed by atoms with Gasteiger partial charge in [0, 0.05) is 5.56 Å². The highest BCUT2D eigenvalue weighted by atomic mass is 19.3. The van der Waals surface area contributed by atoms with Gasteiger partial charge in [0.25, 0.3) is 5.91 Å². The van der Waals surface area contributed by atoms with Crippen LogP contribution in [0.3, 0.4) is 0 Å². The molecule has 0 radical (unpaired) electrons. The van der Waals surface area contributed by atoms with Gasteiger partial charge < -0.3 is 19.5 Å². The van der Waals surface area contributed by atoms with E-state index in [0.717, 1.165) is 5.56 Å². The van der Waals surface area contributed by atoms with E-state index >= 15 is 0 Å². The van der Waals surface area contributed by atoms with Crippen LogP contribution >= 0.6 is 0 Å². The molecule has 0 aliphatic rings. The van der Waals surface area contributed by atoms with E-state index in [9.17, 15) is 13.6 Å². The number of nitrogens with one attached hydrogen (secondary N) is 1. The minimum atomic E-state index is -2.90. The second kappa shape index (κ2) is 8.32. The lowest BCUT2D eigenvalue weighted by Gasteiger charge is -2.16. The van der Waals surface area contributed by atoms with Crippen LogP contribution in [0.4, 0.5) is 8.78 Å². The first-order chi connectivity index (χ1) is 11.9. The summed E-state index contributed by atoms with van der Waals surface area (Å²) >= 11 is 0. The van der Waals surface area contributed by atoms with E-state index in [2.05, 4.69) is 10.1 Å². The molecule has 5 nitrogen and oxygen atoms in total. The average Bonchev–Trinajstić information content (AvgIpc) is 2.61. The van der Waals surface area contributed by atoms with Crippen molar-refractivity contribution in [1.82, 2.24) is 5.32 Å².